The van der Waals surface area contributed by atoms with E-state index in [2.05, 4.69) is 49.4 Å². The average Bonchev–Trinajstić information content (AvgIpc) is 2.27. The molecule has 0 saturated heterocycles. The minimum Gasteiger partial charge on any atom is -0.118 e. The molecule has 0 spiro atoms. The van der Waals surface area contributed by atoms with Gasteiger partial charge in [0, 0.05) is 0 Å². The van der Waals surface area contributed by atoms with Crippen molar-refractivity contribution in [1.82, 2.24) is 0 Å². The Bertz CT molecular complexity index is 434. The molecular weight excluding hydrogens is 192 g/mol. The molecule has 0 heterocycles. The molecule has 14 heavy (non-hydrogen) atoms. The van der Waals surface area contributed by atoms with E-state index in [9.17, 15) is 0 Å². The van der Waals surface area contributed by atoms with Crippen LogP contribution < -0.4 is 0 Å². The molecule has 2 aromatic carbocycles. The maximum Gasteiger partial charge on any atom is 0.0582 e. The lowest BCUT2D eigenvalue weighted by molar-refractivity contribution is 0.885. The number of alkyl halides is 1. The monoisotopic (exact) mass is 204 g/mol. The Morgan fingerprint density at radius 3 is 2.50 bits per heavy atom. The Morgan fingerprint density at radius 1 is 1.07 bits per heavy atom. The van der Waals surface area contributed by atoms with Gasteiger partial charge in [-0.1, -0.05) is 43.3 Å². The van der Waals surface area contributed by atoms with Gasteiger partial charge in [-0.2, -0.15) is 0 Å². The van der Waals surface area contributed by atoms with Gasteiger partial charge in [-0.05, 0) is 28.8 Å². The maximum absolute atomic E-state index is 6.19. The third kappa shape index (κ3) is 1.76. The molecule has 0 nitrogen and oxygen atoms in total. The summed E-state index contributed by atoms with van der Waals surface area (Å²) in [4.78, 5) is 0. The van der Waals surface area contributed by atoms with E-state index in [-0.39, 0.29) is 5.38 Å². The van der Waals surface area contributed by atoms with E-state index >= 15 is 0 Å². The summed E-state index contributed by atoms with van der Waals surface area (Å²) in [5.74, 6) is 0. The summed E-state index contributed by atoms with van der Waals surface area (Å²) in [6.07, 6.45) is 0.972. The highest BCUT2D eigenvalue weighted by atomic mass is 35.5. The van der Waals surface area contributed by atoms with Crippen LogP contribution in [-0.4, -0.2) is 0 Å². The van der Waals surface area contributed by atoms with Crippen LogP contribution in [0.1, 0.15) is 24.3 Å². The minimum atomic E-state index is 0.139. The van der Waals surface area contributed by atoms with Gasteiger partial charge < -0.3 is 0 Å². The zero-order valence-corrected chi connectivity index (χ0v) is 8.96. The number of hydrogen-bond acceptors (Lipinski definition) is 0. The molecule has 0 saturated carbocycles. The van der Waals surface area contributed by atoms with Gasteiger partial charge in [0.15, 0.2) is 0 Å². The number of rotatable bonds is 2. The second-order valence-electron chi connectivity index (χ2n) is 3.48. The molecular formula is C13H13Cl. The van der Waals surface area contributed by atoms with Gasteiger partial charge >= 0.3 is 0 Å². The van der Waals surface area contributed by atoms with Crippen LogP contribution in [0.3, 0.4) is 0 Å². The zero-order valence-electron chi connectivity index (χ0n) is 8.20. The Kier molecular flexibility index (Phi) is 2.74. The van der Waals surface area contributed by atoms with Gasteiger partial charge in [0.1, 0.15) is 0 Å². The summed E-state index contributed by atoms with van der Waals surface area (Å²) in [5.41, 5.74) is 1.22. The quantitative estimate of drug-likeness (QED) is 0.631. The Hall–Kier alpha value is -1.01. The van der Waals surface area contributed by atoms with Crippen molar-refractivity contribution >= 4 is 22.4 Å². The van der Waals surface area contributed by atoms with Gasteiger partial charge in [-0.25, -0.2) is 0 Å². The van der Waals surface area contributed by atoms with Crippen molar-refractivity contribution in [1.29, 1.82) is 0 Å². The number of halogens is 1. The fourth-order valence-electron chi connectivity index (χ4n) is 1.64. The zero-order chi connectivity index (χ0) is 9.97. The van der Waals surface area contributed by atoms with Crippen LogP contribution in [0.5, 0.6) is 0 Å². The minimum absolute atomic E-state index is 0.139. The summed E-state index contributed by atoms with van der Waals surface area (Å²) in [6.45, 7) is 2.10. The van der Waals surface area contributed by atoms with Crippen LogP contribution >= 0.6 is 11.6 Å². The van der Waals surface area contributed by atoms with Gasteiger partial charge in [-0.15, -0.1) is 11.6 Å². The molecule has 2 aromatic rings. The molecule has 0 aliphatic carbocycles. The maximum atomic E-state index is 6.19. The van der Waals surface area contributed by atoms with Gasteiger partial charge in [0.2, 0.25) is 0 Å². The molecule has 0 amide bonds. The third-order valence-electron chi connectivity index (χ3n) is 2.49. The summed E-state index contributed by atoms with van der Waals surface area (Å²) >= 11 is 6.19. The van der Waals surface area contributed by atoms with Gasteiger partial charge in [0.25, 0.3) is 0 Å². The Labute approximate surface area is 89.5 Å². The second-order valence-corrected chi connectivity index (χ2v) is 4.01. The molecule has 1 unspecified atom stereocenters. The normalized spacial score (nSPS) is 13.0. The van der Waals surface area contributed by atoms with Crippen LogP contribution in [-0.2, 0) is 0 Å². The highest BCUT2D eigenvalue weighted by Gasteiger charge is 2.04. The average molecular weight is 205 g/mol. The smallest absolute Gasteiger partial charge is 0.0582 e. The molecule has 1 atom stereocenters. The van der Waals surface area contributed by atoms with Crippen molar-refractivity contribution < 1.29 is 0 Å². The van der Waals surface area contributed by atoms with Crippen molar-refractivity contribution in [2.45, 2.75) is 18.7 Å². The molecule has 0 bridgehead atoms. The molecule has 2 rings (SSSR count). The first-order valence-corrected chi connectivity index (χ1v) is 5.37. The highest BCUT2D eigenvalue weighted by Crippen LogP contribution is 2.26. The van der Waals surface area contributed by atoms with Crippen LogP contribution in [0, 0.1) is 0 Å². The van der Waals surface area contributed by atoms with E-state index in [1.54, 1.807) is 0 Å². The first-order chi connectivity index (χ1) is 6.81. The lowest BCUT2D eigenvalue weighted by Gasteiger charge is -2.07. The van der Waals surface area contributed by atoms with E-state index in [1.807, 2.05) is 0 Å². The van der Waals surface area contributed by atoms with Gasteiger partial charge in [0.05, 0.1) is 5.38 Å². The van der Waals surface area contributed by atoms with Crippen molar-refractivity contribution in [3.8, 4) is 0 Å². The first-order valence-electron chi connectivity index (χ1n) is 4.94. The standard InChI is InChI=1S/C13H13Cl/c1-2-13(14)12-8-7-10-5-3-4-6-11(10)9-12/h3-9,13H,2H2,1H3. The SMILES string of the molecule is CCC(Cl)c1ccc2ccccc2c1. The fraction of sp³-hybridized carbons (Fsp3) is 0.231. The van der Waals surface area contributed by atoms with E-state index in [0.717, 1.165) is 6.42 Å². The van der Waals surface area contributed by atoms with Crippen molar-refractivity contribution in [2.75, 3.05) is 0 Å². The van der Waals surface area contributed by atoms with Crippen LogP contribution in [0.25, 0.3) is 10.8 Å². The largest absolute Gasteiger partial charge is 0.118 e. The van der Waals surface area contributed by atoms with Crippen LogP contribution in [0.4, 0.5) is 0 Å². The molecule has 0 aliphatic rings. The van der Waals surface area contributed by atoms with Crippen LogP contribution in [0.15, 0.2) is 42.5 Å². The highest BCUT2D eigenvalue weighted by molar-refractivity contribution is 6.20. The lowest BCUT2D eigenvalue weighted by atomic mass is 10.0. The molecule has 0 N–H and O–H groups in total. The Balaban J connectivity index is 2.51. The van der Waals surface area contributed by atoms with Gasteiger partial charge in [-0.3, -0.25) is 0 Å². The molecule has 0 aromatic heterocycles. The van der Waals surface area contributed by atoms with Crippen LogP contribution in [0.2, 0.25) is 0 Å². The fourth-order valence-corrected chi connectivity index (χ4v) is 1.77. The van der Waals surface area contributed by atoms with E-state index in [0.29, 0.717) is 0 Å². The lowest BCUT2D eigenvalue weighted by Crippen LogP contribution is -1.87. The molecule has 0 radical (unpaired) electrons. The number of hydrogen-bond donors (Lipinski definition) is 0. The first kappa shape index (κ1) is 9.54. The Morgan fingerprint density at radius 2 is 1.79 bits per heavy atom. The summed E-state index contributed by atoms with van der Waals surface area (Å²) in [7, 11) is 0. The number of fused-ring (bicyclic) bond motifs is 1. The second kappa shape index (κ2) is 4.02. The molecule has 0 aliphatic heterocycles. The summed E-state index contributed by atoms with van der Waals surface area (Å²) in [6, 6.07) is 14.8. The topological polar surface area (TPSA) is 0 Å². The third-order valence-corrected chi connectivity index (χ3v) is 3.05. The van der Waals surface area contributed by atoms with Crippen molar-refractivity contribution in [3.63, 3.8) is 0 Å². The molecule has 0 fully saturated rings. The summed E-state index contributed by atoms with van der Waals surface area (Å²) < 4.78 is 0. The van der Waals surface area contributed by atoms with E-state index < -0.39 is 0 Å². The number of benzene rings is 2. The molecule has 1 heteroatoms. The van der Waals surface area contributed by atoms with E-state index in [1.165, 1.54) is 16.3 Å². The predicted molar refractivity (Wildman–Crippen MR) is 62.8 cm³/mol. The van der Waals surface area contributed by atoms with Crippen molar-refractivity contribution in [2.24, 2.45) is 0 Å². The predicted octanol–water partition coefficient (Wildman–Crippen LogP) is 4.53. The summed E-state index contributed by atoms with van der Waals surface area (Å²) in [5, 5.41) is 2.68. The molecule has 72 valence electrons. The van der Waals surface area contributed by atoms with E-state index in [4.69, 9.17) is 11.6 Å². The van der Waals surface area contributed by atoms with Crippen molar-refractivity contribution in [3.05, 3.63) is 48.0 Å².